The molecular weight excluding hydrogens is 863 g/mol. The fourth-order valence-corrected chi connectivity index (χ4v) is 8.58. The molecule has 0 amide bonds. The highest BCUT2D eigenvalue weighted by Gasteiger charge is 2.43. The average Bonchev–Trinajstić information content (AvgIpc) is 3.61. The number of aromatic nitrogens is 1. The maximum atomic E-state index is 12.3. The summed E-state index contributed by atoms with van der Waals surface area (Å²) in [7, 11) is -11.6. The second kappa shape index (κ2) is 19.8. The summed E-state index contributed by atoms with van der Waals surface area (Å²) in [5.41, 5.74) is 1.97. The van der Waals surface area contributed by atoms with Crippen LogP contribution in [0.1, 0.15) is 43.7 Å². The van der Waals surface area contributed by atoms with Crippen LogP contribution in [-0.2, 0) is 50.0 Å². The zero-order valence-electron chi connectivity index (χ0n) is 33.3. The number of methoxy groups -OCH3 is 1. The van der Waals surface area contributed by atoms with Crippen LogP contribution >= 0.6 is 0 Å². The highest BCUT2D eigenvalue weighted by Crippen LogP contribution is 2.51. The van der Waals surface area contributed by atoms with Gasteiger partial charge in [0.25, 0.3) is 30.4 Å². The van der Waals surface area contributed by atoms with Crippen molar-refractivity contribution in [3.63, 3.8) is 0 Å². The van der Waals surface area contributed by atoms with Crippen LogP contribution in [0, 0.1) is 0 Å². The lowest BCUT2D eigenvalue weighted by molar-refractivity contribution is -0.146. The third kappa shape index (κ3) is 12.5. The van der Waals surface area contributed by atoms with Crippen molar-refractivity contribution in [2.45, 2.75) is 42.9 Å². The van der Waals surface area contributed by atoms with E-state index in [1.165, 1.54) is 24.5 Å². The number of benzene rings is 2. The summed E-state index contributed by atoms with van der Waals surface area (Å²) in [6, 6.07) is 13.6. The molecule has 5 rings (SSSR count). The number of fused-ring (bicyclic) bond motifs is 2. The maximum absolute atomic E-state index is 12.3. The van der Waals surface area contributed by atoms with Gasteiger partial charge in [0, 0.05) is 60.6 Å². The summed E-state index contributed by atoms with van der Waals surface area (Å²) in [5.74, 6) is -2.23. The first kappa shape index (κ1) is 47.0. The van der Waals surface area contributed by atoms with Gasteiger partial charge >= 0.3 is 5.97 Å². The summed E-state index contributed by atoms with van der Waals surface area (Å²) in [5, 5.41) is 20.2. The number of allylic oxidation sites excluding steroid dienone is 3. The first-order valence-corrected chi connectivity index (χ1v) is 23.5. The van der Waals surface area contributed by atoms with Crippen LogP contribution < -0.4 is 19.7 Å². The minimum Gasteiger partial charge on any atom is -0.492 e. The van der Waals surface area contributed by atoms with Gasteiger partial charge in [0.1, 0.15) is 18.9 Å². The van der Waals surface area contributed by atoms with Gasteiger partial charge in [-0.2, -0.15) is 25.3 Å². The molecule has 0 fully saturated rings. The molecule has 19 nitrogen and oxygen atoms in total. The summed E-state index contributed by atoms with van der Waals surface area (Å²) in [4.78, 5) is 18.8. The van der Waals surface area contributed by atoms with Gasteiger partial charge in [0.15, 0.2) is 6.54 Å². The lowest BCUT2D eigenvalue weighted by atomic mass is 9.77. The highest BCUT2D eigenvalue weighted by molar-refractivity contribution is 7.86. The van der Waals surface area contributed by atoms with Crippen molar-refractivity contribution in [1.29, 1.82) is 0 Å². The summed E-state index contributed by atoms with van der Waals surface area (Å²) in [6.07, 6.45) is 6.88. The Hall–Kier alpha value is -5.07. The SMILES string of the molecule is COCC[N+](CCCS(=O)(=O)O)=c1ccc2c(C=CC=C3N(CCOCCC(=O)On4c(O)ccc4O)c4ccc(S(=O)(=O)O)cc4C3(C)CCCS(=O)(=O)O)ccoc-2c1. The third-order valence-corrected chi connectivity index (χ3v) is 12.5. The molecule has 1 unspecified atom stereocenters. The Kier molecular flexibility index (Phi) is 15.2. The van der Waals surface area contributed by atoms with Crippen LogP contribution in [-0.4, -0.2) is 118 Å². The predicted octanol–water partition coefficient (Wildman–Crippen LogP) is 2.95. The van der Waals surface area contributed by atoms with Gasteiger partial charge < -0.3 is 33.8 Å². The van der Waals surface area contributed by atoms with Crippen molar-refractivity contribution in [3.8, 4) is 23.1 Å². The Morgan fingerprint density at radius 1 is 0.869 bits per heavy atom. The van der Waals surface area contributed by atoms with Crippen LogP contribution in [0.25, 0.3) is 17.4 Å². The molecule has 5 N–H and O–H groups in total. The summed E-state index contributed by atoms with van der Waals surface area (Å²) < 4.78 is 119. The van der Waals surface area contributed by atoms with E-state index in [0.29, 0.717) is 47.1 Å². The first-order chi connectivity index (χ1) is 28.7. The lowest BCUT2D eigenvalue weighted by Gasteiger charge is -2.30. The Morgan fingerprint density at radius 2 is 1.57 bits per heavy atom. The fourth-order valence-electron chi connectivity index (χ4n) is 7.07. The van der Waals surface area contributed by atoms with Gasteiger partial charge in [-0.25, -0.2) is 9.37 Å². The fraction of sp³-hybridized carbons (Fsp3) is 0.385. The Balaban J connectivity index is 1.47. The highest BCUT2D eigenvalue weighted by atomic mass is 32.2. The van der Waals surface area contributed by atoms with E-state index < -0.39 is 65.0 Å². The Morgan fingerprint density at radius 3 is 2.25 bits per heavy atom. The Labute approximate surface area is 353 Å². The molecule has 0 radical (unpaired) electrons. The number of hydrogen-bond acceptors (Lipinski definition) is 14. The van der Waals surface area contributed by atoms with Crippen molar-refractivity contribution in [1.82, 2.24) is 9.31 Å². The van der Waals surface area contributed by atoms with E-state index in [0.717, 1.165) is 28.6 Å². The van der Waals surface area contributed by atoms with Gasteiger partial charge in [0.2, 0.25) is 17.1 Å². The van der Waals surface area contributed by atoms with Crippen molar-refractivity contribution < 1.29 is 72.6 Å². The number of nitrogens with zero attached hydrogens (tertiary/aromatic N) is 3. The van der Waals surface area contributed by atoms with Gasteiger partial charge in [-0.1, -0.05) is 12.2 Å². The average molecular weight is 911 g/mol. The van der Waals surface area contributed by atoms with E-state index in [-0.39, 0.29) is 50.3 Å². The lowest BCUT2D eigenvalue weighted by Crippen LogP contribution is -2.34. The number of rotatable bonds is 21. The van der Waals surface area contributed by atoms with Crippen LogP contribution in [0.5, 0.6) is 11.8 Å². The number of ether oxygens (including phenoxy) is 2. The molecule has 3 aliphatic rings. The normalized spacial score (nSPS) is 17.1. The molecule has 61 heavy (non-hydrogen) atoms. The standard InChI is InChI=1S/C39H47N3O16S3/c1-39(16-4-24-59(46,47)48)32-27-30(61(52,53)54)9-11-33(32)41(19-23-56-20-15-38(45)58-42-36(43)12-13-37(42)44)35(39)7-3-6-28-14-21-57-34-26-29(8-10-31(28)34)40(18-22-55-2)17-5-25-60(49,50)51/h3,6-14,21,26-27H,4-5,15-20,22-25H2,1-2H3,(H4-,43,44,46,47,48,49,50,51,52,53,54)/p+1. The van der Waals surface area contributed by atoms with E-state index in [1.54, 1.807) is 38.3 Å². The quantitative estimate of drug-likeness (QED) is 0.0457. The van der Waals surface area contributed by atoms with Crippen molar-refractivity contribution in [2.24, 2.45) is 0 Å². The molecule has 22 heteroatoms. The molecule has 1 atom stereocenters. The number of aromatic hydroxyl groups is 2. The smallest absolute Gasteiger partial charge is 0.335 e. The summed E-state index contributed by atoms with van der Waals surface area (Å²) in [6.45, 7) is 2.97. The Bertz CT molecular complexity index is 2630. The van der Waals surface area contributed by atoms with Crippen LogP contribution in [0.15, 0.2) is 88.0 Å². The molecule has 2 aliphatic heterocycles. The molecule has 1 aromatic carbocycles. The molecule has 0 saturated carbocycles. The topological polar surface area (TPSA) is 273 Å². The molecule has 2 aromatic rings. The van der Waals surface area contributed by atoms with Crippen molar-refractivity contribution >= 4 is 48.1 Å². The zero-order valence-corrected chi connectivity index (χ0v) is 35.7. The monoisotopic (exact) mass is 910 g/mol. The van der Waals surface area contributed by atoms with Gasteiger partial charge in [-0.05, 0) is 67.3 Å². The van der Waals surface area contributed by atoms with Gasteiger partial charge in [0.05, 0.1) is 48.4 Å². The maximum Gasteiger partial charge on any atom is 0.335 e. The molecular formula is C39H48N3O16S3+. The van der Waals surface area contributed by atoms with E-state index >= 15 is 0 Å². The molecule has 1 aromatic heterocycles. The number of anilines is 1. The number of hydrogen-bond donors (Lipinski definition) is 5. The zero-order chi connectivity index (χ0) is 44.6. The summed E-state index contributed by atoms with van der Waals surface area (Å²) >= 11 is 0. The second-order valence-corrected chi connectivity index (χ2v) is 18.8. The molecule has 1 aliphatic carbocycles. The first-order valence-electron chi connectivity index (χ1n) is 18.9. The van der Waals surface area contributed by atoms with Crippen LogP contribution in [0.4, 0.5) is 5.69 Å². The van der Waals surface area contributed by atoms with E-state index in [2.05, 4.69) is 0 Å². The second-order valence-electron chi connectivity index (χ2n) is 14.3. The van der Waals surface area contributed by atoms with Crippen LogP contribution in [0.2, 0.25) is 0 Å². The molecule has 0 bridgehead atoms. The molecule has 332 valence electrons. The van der Waals surface area contributed by atoms with Crippen LogP contribution in [0.3, 0.4) is 0 Å². The largest absolute Gasteiger partial charge is 0.492 e. The minimum absolute atomic E-state index is 0.0186. The molecule has 0 saturated heterocycles. The van der Waals surface area contributed by atoms with E-state index in [4.69, 9.17) is 18.7 Å². The van der Waals surface area contributed by atoms with Gasteiger partial charge in [-0.3, -0.25) is 13.7 Å². The predicted molar refractivity (Wildman–Crippen MR) is 222 cm³/mol. The molecule has 3 heterocycles. The third-order valence-electron chi connectivity index (χ3n) is 10.00. The van der Waals surface area contributed by atoms with E-state index in [1.807, 2.05) is 27.7 Å². The number of carbonyl (C=O) groups is 1. The van der Waals surface area contributed by atoms with Crippen molar-refractivity contribution in [3.05, 3.63) is 95.2 Å². The van der Waals surface area contributed by atoms with Crippen molar-refractivity contribution in [2.75, 3.05) is 63.0 Å². The number of carbonyl (C=O) groups excluding carboxylic acids is 1. The molecule has 0 spiro atoms. The minimum atomic E-state index is -4.65. The van der Waals surface area contributed by atoms with Gasteiger partial charge in [-0.15, -0.1) is 4.73 Å². The van der Waals surface area contributed by atoms with E-state index in [9.17, 15) is 53.9 Å².